The molecule has 0 rings (SSSR count). The summed E-state index contributed by atoms with van der Waals surface area (Å²) in [6.07, 6.45) is 1.80. The zero-order valence-corrected chi connectivity index (χ0v) is 20.3. The predicted molar refractivity (Wildman–Crippen MR) is 132 cm³/mol. The van der Waals surface area contributed by atoms with E-state index in [4.69, 9.17) is 28.7 Å². The molecule has 35 heavy (non-hydrogen) atoms. The molecule has 0 aliphatic heterocycles. The highest BCUT2D eigenvalue weighted by Crippen LogP contribution is 2.07. The summed E-state index contributed by atoms with van der Waals surface area (Å²) >= 11 is 0. The topological polar surface area (TPSA) is 279 Å². The van der Waals surface area contributed by atoms with Crippen molar-refractivity contribution in [3.05, 3.63) is 0 Å². The smallest absolute Gasteiger partial charge is 0.326 e. The van der Waals surface area contributed by atoms with E-state index in [1.807, 2.05) is 0 Å². The number of nitrogens with one attached hydrogen (secondary N) is 3. The molecule has 0 saturated carbocycles. The number of nitrogens with zero attached hydrogens (tertiary/aromatic N) is 2. The average molecular weight is 501 g/mol. The van der Waals surface area contributed by atoms with Gasteiger partial charge in [-0.2, -0.15) is 0 Å². The highest BCUT2D eigenvalue weighted by molar-refractivity contribution is 5.92. The molecule has 0 aliphatic rings. The molecule has 4 atom stereocenters. The van der Waals surface area contributed by atoms with Crippen molar-refractivity contribution < 1.29 is 24.3 Å². The molecule has 0 radical (unpaired) electrons. The first-order valence-electron chi connectivity index (χ1n) is 11.4. The van der Waals surface area contributed by atoms with Crippen LogP contribution in [0.5, 0.6) is 0 Å². The highest BCUT2D eigenvalue weighted by atomic mass is 16.4. The maximum absolute atomic E-state index is 12.7. The summed E-state index contributed by atoms with van der Waals surface area (Å²) in [5, 5.41) is 16.7. The van der Waals surface area contributed by atoms with Crippen molar-refractivity contribution in [1.29, 1.82) is 0 Å². The Labute approximate surface area is 204 Å². The Bertz CT molecular complexity index is 765. The number of hydrogen-bond acceptors (Lipinski definition) is 7. The van der Waals surface area contributed by atoms with E-state index in [0.717, 1.165) is 0 Å². The monoisotopic (exact) mass is 500 g/mol. The lowest BCUT2D eigenvalue weighted by atomic mass is 9.99. The van der Waals surface area contributed by atoms with Gasteiger partial charge in [-0.15, -0.1) is 0 Å². The van der Waals surface area contributed by atoms with Crippen LogP contribution >= 0.6 is 0 Å². The largest absolute Gasteiger partial charge is 0.480 e. The van der Waals surface area contributed by atoms with Gasteiger partial charge in [0.05, 0.1) is 12.6 Å². The number of hydrogen-bond donors (Lipinski definition) is 9. The van der Waals surface area contributed by atoms with Gasteiger partial charge < -0.3 is 49.7 Å². The number of amides is 3. The second-order valence-corrected chi connectivity index (χ2v) is 8.05. The molecule has 0 aliphatic carbocycles. The zero-order chi connectivity index (χ0) is 27.0. The lowest BCUT2D eigenvalue weighted by molar-refractivity contribution is -0.143. The number of carbonyl (C=O) groups excluding carboxylic acids is 3. The molecule has 15 heteroatoms. The van der Waals surface area contributed by atoms with E-state index < -0.39 is 48.4 Å². The number of nitrogens with two attached hydrogens (primary N) is 5. The van der Waals surface area contributed by atoms with Gasteiger partial charge >= 0.3 is 5.97 Å². The van der Waals surface area contributed by atoms with Crippen LogP contribution in [0.15, 0.2) is 9.98 Å². The van der Waals surface area contributed by atoms with Crippen molar-refractivity contribution in [3.63, 3.8) is 0 Å². The summed E-state index contributed by atoms with van der Waals surface area (Å²) in [6.45, 7) is 3.55. The lowest BCUT2D eigenvalue weighted by Gasteiger charge is -2.22. The first-order chi connectivity index (χ1) is 16.4. The minimum absolute atomic E-state index is 0.0663. The predicted octanol–water partition coefficient (Wildman–Crippen LogP) is -3.36. The van der Waals surface area contributed by atoms with Crippen molar-refractivity contribution in [1.82, 2.24) is 16.0 Å². The fourth-order valence-electron chi connectivity index (χ4n) is 2.90. The minimum Gasteiger partial charge on any atom is -0.480 e. The van der Waals surface area contributed by atoms with Crippen molar-refractivity contribution in [2.24, 2.45) is 44.6 Å². The summed E-state index contributed by atoms with van der Waals surface area (Å²) in [6, 6.07) is -3.01. The number of carboxylic acids is 1. The summed E-state index contributed by atoms with van der Waals surface area (Å²) < 4.78 is 0. The normalized spacial score (nSPS) is 13.9. The molecular formula is C20H40N10O5. The van der Waals surface area contributed by atoms with Crippen LogP contribution in [0.25, 0.3) is 0 Å². The molecule has 0 aromatic carbocycles. The molecule has 0 fully saturated rings. The van der Waals surface area contributed by atoms with Gasteiger partial charge in [0.2, 0.25) is 17.7 Å². The quantitative estimate of drug-likeness (QED) is 0.0543. The van der Waals surface area contributed by atoms with E-state index in [1.54, 1.807) is 13.8 Å². The summed E-state index contributed by atoms with van der Waals surface area (Å²) in [4.78, 5) is 56.4. The van der Waals surface area contributed by atoms with Gasteiger partial charge in [0.15, 0.2) is 11.9 Å². The standard InChI is InChI=1S/C20H40N10O5/c1-3-11(2)15(18(34)35)30-14(31)10-28-17(33)13(7-5-9-27-20(24)25)29-16(32)12(21)6-4-8-26-19(22)23/h11-13,15H,3-10,21H2,1-2H3,(H,28,33)(H,29,32)(H,30,31)(H,34,35)(H4,22,23,26)(H4,24,25,27)/t11-,12-,13-,15-/m0/s1. The van der Waals surface area contributed by atoms with Crippen LogP contribution in [0.2, 0.25) is 0 Å². The summed E-state index contributed by atoms with van der Waals surface area (Å²) in [7, 11) is 0. The van der Waals surface area contributed by atoms with Crippen LogP contribution in [0, 0.1) is 5.92 Å². The van der Waals surface area contributed by atoms with Crippen LogP contribution in [0.3, 0.4) is 0 Å². The van der Waals surface area contributed by atoms with E-state index in [9.17, 15) is 24.3 Å². The number of carboxylic acid groups (broad SMARTS) is 1. The maximum atomic E-state index is 12.7. The molecule has 0 spiro atoms. The number of guanidine groups is 2. The first-order valence-corrected chi connectivity index (χ1v) is 11.4. The van der Waals surface area contributed by atoms with Crippen molar-refractivity contribution in [2.75, 3.05) is 19.6 Å². The van der Waals surface area contributed by atoms with Gasteiger partial charge in [-0.25, -0.2) is 4.79 Å². The zero-order valence-electron chi connectivity index (χ0n) is 20.3. The highest BCUT2D eigenvalue weighted by Gasteiger charge is 2.27. The molecule has 200 valence electrons. The average Bonchev–Trinajstić information content (AvgIpc) is 2.79. The van der Waals surface area contributed by atoms with E-state index in [-0.39, 0.29) is 37.2 Å². The van der Waals surface area contributed by atoms with E-state index >= 15 is 0 Å². The third-order valence-electron chi connectivity index (χ3n) is 5.10. The Morgan fingerprint density at radius 3 is 1.91 bits per heavy atom. The Kier molecular flexibility index (Phi) is 15.2. The molecule has 15 nitrogen and oxygen atoms in total. The summed E-state index contributed by atoms with van der Waals surface area (Å²) in [5.74, 6) is -3.52. The lowest BCUT2D eigenvalue weighted by Crippen LogP contribution is -2.54. The van der Waals surface area contributed by atoms with Gasteiger partial charge in [0, 0.05) is 13.1 Å². The van der Waals surface area contributed by atoms with Crippen molar-refractivity contribution >= 4 is 35.6 Å². The molecule has 0 aromatic heterocycles. The minimum atomic E-state index is -1.17. The van der Waals surface area contributed by atoms with Gasteiger partial charge in [-0.05, 0) is 31.6 Å². The molecule has 0 saturated heterocycles. The maximum Gasteiger partial charge on any atom is 0.326 e. The van der Waals surface area contributed by atoms with Gasteiger partial charge in [-0.1, -0.05) is 20.3 Å². The van der Waals surface area contributed by atoms with Gasteiger partial charge in [0.1, 0.15) is 12.1 Å². The van der Waals surface area contributed by atoms with Crippen molar-refractivity contribution in [2.45, 2.75) is 64.1 Å². The fourth-order valence-corrected chi connectivity index (χ4v) is 2.90. The van der Waals surface area contributed by atoms with Gasteiger partial charge in [0.25, 0.3) is 0 Å². The first kappa shape index (κ1) is 31.4. The summed E-state index contributed by atoms with van der Waals surface area (Å²) in [5.41, 5.74) is 27.0. The van der Waals surface area contributed by atoms with E-state index in [0.29, 0.717) is 25.8 Å². The second-order valence-electron chi connectivity index (χ2n) is 8.05. The molecule has 0 unspecified atom stereocenters. The van der Waals surface area contributed by atoms with Crippen LogP contribution in [0.1, 0.15) is 46.0 Å². The van der Waals surface area contributed by atoms with Crippen molar-refractivity contribution in [3.8, 4) is 0 Å². The molecule has 14 N–H and O–H groups in total. The second kappa shape index (κ2) is 16.9. The van der Waals surface area contributed by atoms with Crippen LogP contribution in [-0.4, -0.2) is 78.5 Å². The third kappa shape index (κ3) is 14.3. The Morgan fingerprint density at radius 1 is 0.886 bits per heavy atom. The molecular weight excluding hydrogens is 460 g/mol. The Morgan fingerprint density at radius 2 is 1.43 bits per heavy atom. The number of aliphatic carboxylic acids is 1. The van der Waals surface area contributed by atoms with Crippen LogP contribution in [-0.2, 0) is 19.2 Å². The van der Waals surface area contributed by atoms with E-state index in [1.165, 1.54) is 0 Å². The molecule has 0 aromatic rings. The number of rotatable bonds is 17. The third-order valence-corrected chi connectivity index (χ3v) is 5.10. The number of carbonyl (C=O) groups is 4. The van der Waals surface area contributed by atoms with Gasteiger partial charge in [-0.3, -0.25) is 24.4 Å². The Hall–Kier alpha value is -3.62. The molecule has 0 heterocycles. The van der Waals surface area contributed by atoms with E-state index in [2.05, 4.69) is 25.9 Å². The van der Waals surface area contributed by atoms with Crippen LogP contribution < -0.4 is 44.6 Å². The number of aliphatic imine (C=N–C) groups is 2. The fraction of sp³-hybridized carbons (Fsp3) is 0.700. The molecule has 3 amide bonds. The van der Waals surface area contributed by atoms with Crippen LogP contribution in [0.4, 0.5) is 0 Å². The SMILES string of the molecule is CC[C@H](C)[C@H](NC(=O)CNC(=O)[C@H](CCCN=C(N)N)NC(=O)[C@@H](N)CCCN=C(N)N)C(=O)O. The Balaban J connectivity index is 5.02. The molecule has 0 bridgehead atoms.